The van der Waals surface area contributed by atoms with E-state index in [0.29, 0.717) is 12.0 Å². The van der Waals surface area contributed by atoms with Crippen LogP contribution in [0.5, 0.6) is 0 Å². The van der Waals surface area contributed by atoms with Crippen molar-refractivity contribution in [1.82, 2.24) is 0 Å². The molecule has 0 aromatic heterocycles. The van der Waals surface area contributed by atoms with Crippen LogP contribution in [-0.4, -0.2) is 11.1 Å². The van der Waals surface area contributed by atoms with E-state index in [9.17, 15) is 9.18 Å². The Kier molecular flexibility index (Phi) is 2.02. The van der Waals surface area contributed by atoms with E-state index in [4.69, 9.17) is 5.11 Å². The van der Waals surface area contributed by atoms with Gasteiger partial charge in [-0.1, -0.05) is 12.1 Å². The fourth-order valence-corrected chi connectivity index (χ4v) is 1.84. The average Bonchev–Trinajstić information content (AvgIpc) is 2.89. The highest BCUT2D eigenvalue weighted by atomic mass is 19.1. The second kappa shape index (κ2) is 3.08. The number of halogens is 1. The Balaban J connectivity index is 2.27. The molecule has 1 aromatic rings. The summed E-state index contributed by atoms with van der Waals surface area (Å²) in [6.45, 7) is 1.70. The van der Waals surface area contributed by atoms with E-state index in [-0.39, 0.29) is 17.7 Å². The van der Waals surface area contributed by atoms with Gasteiger partial charge in [0.25, 0.3) is 0 Å². The minimum Gasteiger partial charge on any atom is -0.481 e. The molecule has 1 aliphatic rings. The Morgan fingerprint density at radius 1 is 1.57 bits per heavy atom. The van der Waals surface area contributed by atoms with E-state index in [0.717, 1.165) is 5.56 Å². The molecule has 0 aliphatic heterocycles. The molecule has 2 nitrogen and oxygen atoms in total. The van der Waals surface area contributed by atoms with Crippen molar-refractivity contribution in [1.29, 1.82) is 0 Å². The lowest BCUT2D eigenvalue weighted by Gasteiger charge is -2.04. The summed E-state index contributed by atoms with van der Waals surface area (Å²) in [5.74, 6) is -1.32. The normalized spacial score (nSPS) is 24.7. The molecule has 1 fully saturated rings. The van der Waals surface area contributed by atoms with Gasteiger partial charge in [-0.3, -0.25) is 4.79 Å². The average molecular weight is 194 g/mol. The molecule has 0 amide bonds. The van der Waals surface area contributed by atoms with Crippen LogP contribution >= 0.6 is 0 Å². The minimum absolute atomic E-state index is 0.0169. The highest BCUT2D eigenvalue weighted by Crippen LogP contribution is 2.48. The molecule has 2 atom stereocenters. The molecule has 74 valence electrons. The van der Waals surface area contributed by atoms with Crippen molar-refractivity contribution in [3.8, 4) is 0 Å². The molecule has 0 spiro atoms. The van der Waals surface area contributed by atoms with Crippen LogP contribution in [0, 0.1) is 18.7 Å². The SMILES string of the molecule is Cc1c(F)cccc1[C@@H]1C[C@H]1C(=O)O. The number of rotatable bonds is 2. The second-order valence-electron chi connectivity index (χ2n) is 3.74. The highest BCUT2D eigenvalue weighted by Gasteiger charge is 2.44. The molecule has 3 heteroatoms. The van der Waals surface area contributed by atoms with Crippen molar-refractivity contribution in [2.75, 3.05) is 0 Å². The van der Waals surface area contributed by atoms with Gasteiger partial charge in [0.05, 0.1) is 5.92 Å². The second-order valence-corrected chi connectivity index (χ2v) is 3.74. The molecule has 1 aliphatic carbocycles. The topological polar surface area (TPSA) is 37.3 Å². The smallest absolute Gasteiger partial charge is 0.307 e. The van der Waals surface area contributed by atoms with Crippen molar-refractivity contribution in [3.05, 3.63) is 35.1 Å². The van der Waals surface area contributed by atoms with Crippen LogP contribution in [0.15, 0.2) is 18.2 Å². The number of benzene rings is 1. The minimum atomic E-state index is -0.779. The highest BCUT2D eigenvalue weighted by molar-refractivity contribution is 5.75. The zero-order valence-electron chi connectivity index (χ0n) is 7.83. The molecule has 0 unspecified atom stereocenters. The van der Waals surface area contributed by atoms with E-state index in [1.807, 2.05) is 6.07 Å². The number of carboxylic acid groups (broad SMARTS) is 1. The molecule has 14 heavy (non-hydrogen) atoms. The first kappa shape index (κ1) is 9.19. The summed E-state index contributed by atoms with van der Waals surface area (Å²) in [5.41, 5.74) is 1.43. The third kappa shape index (κ3) is 1.39. The van der Waals surface area contributed by atoms with Crippen LogP contribution in [0.25, 0.3) is 0 Å². The Labute approximate surface area is 81.4 Å². The number of carbonyl (C=O) groups is 1. The first-order valence-corrected chi connectivity index (χ1v) is 4.59. The van der Waals surface area contributed by atoms with Crippen molar-refractivity contribution < 1.29 is 14.3 Å². The summed E-state index contributed by atoms with van der Waals surface area (Å²) in [6.07, 6.45) is 0.639. The summed E-state index contributed by atoms with van der Waals surface area (Å²) >= 11 is 0. The van der Waals surface area contributed by atoms with Gasteiger partial charge >= 0.3 is 5.97 Å². The van der Waals surface area contributed by atoms with E-state index >= 15 is 0 Å². The maximum atomic E-state index is 13.1. The summed E-state index contributed by atoms with van der Waals surface area (Å²) in [6, 6.07) is 4.85. The Morgan fingerprint density at radius 2 is 2.29 bits per heavy atom. The molecular formula is C11H11FO2. The van der Waals surface area contributed by atoms with E-state index in [2.05, 4.69) is 0 Å². The van der Waals surface area contributed by atoms with Crippen LogP contribution in [0.1, 0.15) is 23.5 Å². The van der Waals surface area contributed by atoms with Gasteiger partial charge in [0.2, 0.25) is 0 Å². The maximum Gasteiger partial charge on any atom is 0.307 e. The van der Waals surface area contributed by atoms with Gasteiger partial charge in [-0.15, -0.1) is 0 Å². The van der Waals surface area contributed by atoms with Crippen molar-refractivity contribution in [2.24, 2.45) is 5.92 Å². The fourth-order valence-electron chi connectivity index (χ4n) is 1.84. The number of hydrogen-bond acceptors (Lipinski definition) is 1. The molecule has 0 radical (unpaired) electrons. The lowest BCUT2D eigenvalue weighted by atomic mass is 10.0. The monoisotopic (exact) mass is 194 g/mol. The summed E-state index contributed by atoms with van der Waals surface area (Å²) in [7, 11) is 0. The lowest BCUT2D eigenvalue weighted by molar-refractivity contribution is -0.138. The largest absolute Gasteiger partial charge is 0.481 e. The van der Waals surface area contributed by atoms with Crippen LogP contribution in [0.2, 0.25) is 0 Å². The van der Waals surface area contributed by atoms with Gasteiger partial charge < -0.3 is 5.11 Å². The van der Waals surface area contributed by atoms with Crippen molar-refractivity contribution in [3.63, 3.8) is 0 Å². The van der Waals surface area contributed by atoms with Crippen LogP contribution in [0.4, 0.5) is 4.39 Å². The van der Waals surface area contributed by atoms with E-state index in [1.54, 1.807) is 13.0 Å². The van der Waals surface area contributed by atoms with Crippen LogP contribution in [-0.2, 0) is 4.79 Å². The van der Waals surface area contributed by atoms with Gasteiger partial charge in [-0.25, -0.2) is 4.39 Å². The van der Waals surface area contributed by atoms with Crippen molar-refractivity contribution >= 4 is 5.97 Å². The Morgan fingerprint density at radius 3 is 2.86 bits per heavy atom. The van der Waals surface area contributed by atoms with Crippen LogP contribution in [0.3, 0.4) is 0 Å². The van der Waals surface area contributed by atoms with E-state index in [1.165, 1.54) is 6.07 Å². The number of carboxylic acids is 1. The summed E-state index contributed by atoms with van der Waals surface area (Å²) in [5, 5.41) is 8.75. The van der Waals surface area contributed by atoms with Gasteiger partial charge in [0.15, 0.2) is 0 Å². The Hall–Kier alpha value is -1.38. The predicted octanol–water partition coefficient (Wildman–Crippen LogP) is 2.32. The molecular weight excluding hydrogens is 183 g/mol. The molecule has 0 heterocycles. The van der Waals surface area contributed by atoms with E-state index < -0.39 is 5.97 Å². The molecule has 1 saturated carbocycles. The lowest BCUT2D eigenvalue weighted by Crippen LogP contribution is -2.00. The van der Waals surface area contributed by atoms with Gasteiger partial charge in [-0.05, 0) is 36.5 Å². The standard InChI is InChI=1S/C11H11FO2/c1-6-7(3-2-4-10(6)12)8-5-9(8)11(13)14/h2-4,8-9H,5H2,1H3,(H,13,14)/t8-,9+/m0/s1. The Bertz CT molecular complexity index is 387. The zero-order chi connectivity index (χ0) is 10.3. The van der Waals surface area contributed by atoms with Crippen molar-refractivity contribution in [2.45, 2.75) is 19.3 Å². The zero-order valence-corrected chi connectivity index (χ0v) is 7.83. The summed E-state index contributed by atoms with van der Waals surface area (Å²) in [4.78, 5) is 10.6. The first-order valence-electron chi connectivity index (χ1n) is 4.59. The molecule has 1 aromatic carbocycles. The van der Waals surface area contributed by atoms with Gasteiger partial charge in [0.1, 0.15) is 5.82 Å². The van der Waals surface area contributed by atoms with Gasteiger partial charge in [-0.2, -0.15) is 0 Å². The van der Waals surface area contributed by atoms with Crippen LogP contribution < -0.4 is 0 Å². The first-order chi connectivity index (χ1) is 6.61. The molecule has 0 saturated heterocycles. The molecule has 2 rings (SSSR count). The number of hydrogen-bond donors (Lipinski definition) is 1. The van der Waals surface area contributed by atoms with Gasteiger partial charge in [0, 0.05) is 0 Å². The number of aliphatic carboxylic acids is 1. The maximum absolute atomic E-state index is 13.1. The predicted molar refractivity (Wildman–Crippen MR) is 49.6 cm³/mol. The quantitative estimate of drug-likeness (QED) is 0.784. The third-order valence-corrected chi connectivity index (χ3v) is 2.82. The fraction of sp³-hybridized carbons (Fsp3) is 0.364. The molecule has 1 N–H and O–H groups in total. The molecule has 0 bridgehead atoms. The summed E-state index contributed by atoms with van der Waals surface area (Å²) < 4.78 is 13.1. The third-order valence-electron chi connectivity index (χ3n) is 2.82.